The highest BCUT2D eigenvalue weighted by molar-refractivity contribution is 5.65. The Bertz CT molecular complexity index is 516. The number of hydrogen-bond acceptors (Lipinski definition) is 4. The van der Waals surface area contributed by atoms with Crippen LogP contribution in [0.5, 0.6) is 0 Å². The van der Waals surface area contributed by atoms with E-state index in [9.17, 15) is 14.5 Å². The van der Waals surface area contributed by atoms with Crippen LogP contribution in [0.15, 0.2) is 18.2 Å². The van der Waals surface area contributed by atoms with Crippen molar-refractivity contribution in [2.75, 3.05) is 25.2 Å². The molecule has 1 fully saturated rings. The molecule has 1 aromatic carbocycles. The summed E-state index contributed by atoms with van der Waals surface area (Å²) in [6, 6.07) is 3.79. The Balaban J connectivity index is 2.46. The van der Waals surface area contributed by atoms with Crippen molar-refractivity contribution < 1.29 is 14.1 Å². The molecule has 1 unspecified atom stereocenters. The maximum Gasteiger partial charge on any atom is 0.295 e. The van der Waals surface area contributed by atoms with Gasteiger partial charge in [0.2, 0.25) is 0 Å². The van der Waals surface area contributed by atoms with Crippen LogP contribution >= 0.6 is 0 Å². The third kappa shape index (κ3) is 3.00. The molecule has 2 rings (SSSR count). The van der Waals surface area contributed by atoms with Crippen molar-refractivity contribution in [1.82, 2.24) is 0 Å². The Morgan fingerprint density at radius 3 is 2.90 bits per heavy atom. The van der Waals surface area contributed by atoms with Gasteiger partial charge in [-0.25, -0.2) is 4.39 Å². The summed E-state index contributed by atoms with van der Waals surface area (Å²) >= 11 is 0. The van der Waals surface area contributed by atoms with Crippen LogP contribution in [0.1, 0.15) is 32.6 Å². The fourth-order valence-electron chi connectivity index (χ4n) is 3.40. The predicted octanol–water partition coefficient (Wildman–Crippen LogP) is 3.52. The minimum Gasteiger partial charge on any atom is -0.382 e. The topological polar surface area (TPSA) is 55.6 Å². The van der Waals surface area contributed by atoms with E-state index in [1.165, 1.54) is 12.1 Å². The van der Waals surface area contributed by atoms with E-state index in [1.807, 2.05) is 4.90 Å². The number of methoxy groups -OCH3 is 1. The average Bonchev–Trinajstić information content (AvgIpc) is 2.83. The first-order valence-electron chi connectivity index (χ1n) is 7.24. The first-order chi connectivity index (χ1) is 10.0. The largest absolute Gasteiger partial charge is 0.382 e. The molecule has 0 saturated carbocycles. The minimum atomic E-state index is -0.586. The molecule has 0 amide bonds. The smallest absolute Gasteiger partial charge is 0.295 e. The molecule has 0 bridgehead atoms. The summed E-state index contributed by atoms with van der Waals surface area (Å²) in [5.74, 6) is -0.586. The molecule has 5 nitrogen and oxygen atoms in total. The molecule has 0 N–H and O–H groups in total. The number of rotatable bonds is 6. The lowest BCUT2D eigenvalue weighted by Gasteiger charge is -2.39. The number of nitrogens with zero attached hydrogens (tertiary/aromatic N) is 2. The number of hydrogen-bond donors (Lipinski definition) is 0. The van der Waals surface area contributed by atoms with Gasteiger partial charge in [0.15, 0.2) is 0 Å². The van der Waals surface area contributed by atoms with Crippen LogP contribution < -0.4 is 4.90 Å². The van der Waals surface area contributed by atoms with Gasteiger partial charge >= 0.3 is 0 Å². The maximum absolute atomic E-state index is 13.3. The second-order valence-electron chi connectivity index (χ2n) is 5.55. The normalized spacial score (nSPS) is 21.8. The van der Waals surface area contributed by atoms with E-state index < -0.39 is 10.7 Å². The van der Waals surface area contributed by atoms with Crippen molar-refractivity contribution in [1.29, 1.82) is 0 Å². The summed E-state index contributed by atoms with van der Waals surface area (Å²) in [7, 11) is 1.65. The Morgan fingerprint density at radius 2 is 2.29 bits per heavy atom. The zero-order valence-corrected chi connectivity index (χ0v) is 12.5. The van der Waals surface area contributed by atoms with Gasteiger partial charge in [-0.1, -0.05) is 13.3 Å². The predicted molar refractivity (Wildman–Crippen MR) is 79.1 cm³/mol. The molecule has 1 aliphatic rings. The van der Waals surface area contributed by atoms with Crippen molar-refractivity contribution >= 4 is 11.4 Å². The van der Waals surface area contributed by atoms with E-state index in [0.717, 1.165) is 38.3 Å². The fourth-order valence-corrected chi connectivity index (χ4v) is 3.40. The van der Waals surface area contributed by atoms with Crippen LogP contribution in [0.2, 0.25) is 0 Å². The summed E-state index contributed by atoms with van der Waals surface area (Å²) in [6.45, 7) is 3.35. The van der Waals surface area contributed by atoms with E-state index >= 15 is 0 Å². The number of nitro groups is 1. The molecule has 1 atom stereocenters. The van der Waals surface area contributed by atoms with Gasteiger partial charge in [-0.15, -0.1) is 0 Å². The van der Waals surface area contributed by atoms with Gasteiger partial charge < -0.3 is 9.64 Å². The lowest BCUT2D eigenvalue weighted by atomic mass is 9.91. The van der Waals surface area contributed by atoms with Crippen LogP contribution in [0.3, 0.4) is 0 Å². The molecule has 0 radical (unpaired) electrons. The standard InChI is InChI=1S/C15H21FN2O3/c1-3-7-15(11-21-2)8-4-9-17(15)13-6-5-12(16)10-14(13)18(19)20/h5-6,10H,3-4,7-9,11H2,1-2H3. The molecule has 0 aliphatic carbocycles. The molecule has 6 heteroatoms. The van der Waals surface area contributed by atoms with Gasteiger partial charge in [-0.3, -0.25) is 10.1 Å². The summed E-state index contributed by atoms with van der Waals surface area (Å²) in [5, 5.41) is 11.2. The van der Waals surface area contributed by atoms with Crippen LogP contribution in [-0.2, 0) is 4.74 Å². The second-order valence-corrected chi connectivity index (χ2v) is 5.55. The van der Waals surface area contributed by atoms with Crippen LogP contribution in [0.4, 0.5) is 15.8 Å². The molecule has 116 valence electrons. The fraction of sp³-hybridized carbons (Fsp3) is 0.600. The quantitative estimate of drug-likeness (QED) is 0.595. The van der Waals surface area contributed by atoms with Gasteiger partial charge in [0, 0.05) is 13.7 Å². The van der Waals surface area contributed by atoms with Gasteiger partial charge in [-0.2, -0.15) is 0 Å². The van der Waals surface area contributed by atoms with E-state index in [1.54, 1.807) is 7.11 Å². The molecule has 1 saturated heterocycles. The highest BCUT2D eigenvalue weighted by Gasteiger charge is 2.42. The molecule has 1 heterocycles. The van der Waals surface area contributed by atoms with E-state index in [-0.39, 0.29) is 11.2 Å². The average molecular weight is 296 g/mol. The van der Waals surface area contributed by atoms with Crippen molar-refractivity contribution in [3.05, 3.63) is 34.1 Å². The van der Waals surface area contributed by atoms with Crippen molar-refractivity contribution in [3.63, 3.8) is 0 Å². The number of anilines is 1. The van der Waals surface area contributed by atoms with E-state index in [0.29, 0.717) is 12.3 Å². The van der Waals surface area contributed by atoms with Crippen molar-refractivity contribution in [2.24, 2.45) is 0 Å². The third-order valence-corrected chi connectivity index (χ3v) is 4.15. The van der Waals surface area contributed by atoms with Crippen LogP contribution in [-0.4, -0.2) is 30.7 Å². The second kappa shape index (κ2) is 6.39. The number of benzene rings is 1. The number of ether oxygens (including phenoxy) is 1. The summed E-state index contributed by atoms with van der Waals surface area (Å²) < 4.78 is 18.7. The summed E-state index contributed by atoms with van der Waals surface area (Å²) in [4.78, 5) is 12.8. The first-order valence-corrected chi connectivity index (χ1v) is 7.24. The molecule has 0 spiro atoms. The maximum atomic E-state index is 13.3. The van der Waals surface area contributed by atoms with Gasteiger partial charge in [-0.05, 0) is 31.4 Å². The highest BCUT2D eigenvalue weighted by Crippen LogP contribution is 2.41. The summed E-state index contributed by atoms with van der Waals surface area (Å²) in [5.41, 5.74) is 0.0874. The Labute approximate surface area is 123 Å². The third-order valence-electron chi connectivity index (χ3n) is 4.15. The first kappa shape index (κ1) is 15.7. The summed E-state index contributed by atoms with van der Waals surface area (Å²) in [6.07, 6.45) is 3.76. The van der Waals surface area contributed by atoms with Crippen molar-refractivity contribution in [3.8, 4) is 0 Å². The monoisotopic (exact) mass is 296 g/mol. The Morgan fingerprint density at radius 1 is 1.52 bits per heavy atom. The molecule has 0 aromatic heterocycles. The zero-order valence-electron chi connectivity index (χ0n) is 12.5. The van der Waals surface area contributed by atoms with Gasteiger partial charge in [0.25, 0.3) is 5.69 Å². The molecule has 1 aliphatic heterocycles. The molecular formula is C15H21FN2O3. The lowest BCUT2D eigenvalue weighted by Crippen LogP contribution is -2.48. The molecule has 21 heavy (non-hydrogen) atoms. The van der Waals surface area contributed by atoms with Gasteiger partial charge in [0.1, 0.15) is 11.5 Å². The SMILES string of the molecule is CCCC1(COC)CCCN1c1ccc(F)cc1[N+](=O)[O-]. The van der Waals surface area contributed by atoms with E-state index in [4.69, 9.17) is 4.74 Å². The van der Waals surface area contributed by atoms with Gasteiger partial charge in [0.05, 0.1) is 23.1 Å². The lowest BCUT2D eigenvalue weighted by molar-refractivity contribution is -0.384. The Hall–Kier alpha value is -1.69. The van der Waals surface area contributed by atoms with Crippen LogP contribution in [0.25, 0.3) is 0 Å². The zero-order chi connectivity index (χ0) is 15.5. The minimum absolute atomic E-state index is 0.173. The highest BCUT2D eigenvalue weighted by atomic mass is 19.1. The number of halogens is 1. The van der Waals surface area contributed by atoms with Crippen LogP contribution in [0, 0.1) is 15.9 Å². The van der Waals surface area contributed by atoms with Crippen molar-refractivity contribution in [2.45, 2.75) is 38.1 Å². The molecular weight excluding hydrogens is 275 g/mol. The van der Waals surface area contributed by atoms with E-state index in [2.05, 4.69) is 6.92 Å². The molecule has 1 aromatic rings. The Kier molecular flexibility index (Phi) is 4.77. The number of nitro benzene ring substituents is 1.